The van der Waals surface area contributed by atoms with Crippen LogP contribution in [-0.4, -0.2) is 105 Å². The summed E-state index contributed by atoms with van der Waals surface area (Å²) in [5.41, 5.74) is -3.04. The fourth-order valence-electron chi connectivity index (χ4n) is 16.3. The molecule has 6 heterocycles. The first-order chi connectivity index (χ1) is 58.6. The van der Waals surface area contributed by atoms with Gasteiger partial charge in [-0.25, -0.2) is 24.9 Å². The second-order valence-electron chi connectivity index (χ2n) is 31.8. The third-order valence-corrected chi connectivity index (χ3v) is 22.5. The van der Waals surface area contributed by atoms with Crippen molar-refractivity contribution in [1.82, 2.24) is 65.3 Å². The van der Waals surface area contributed by atoms with Gasteiger partial charge in [-0.05, 0) is 215 Å². The van der Waals surface area contributed by atoms with Crippen LogP contribution in [0.1, 0.15) is 176 Å². The first-order valence-corrected chi connectivity index (χ1v) is 41.0. The Morgan fingerprint density at radius 1 is 0.339 bits per heavy atom. The highest BCUT2D eigenvalue weighted by atomic mass is 19.4. The molecule has 5 aromatic carbocycles. The number of hydrogen-bond donors (Lipinski definition) is 0. The first-order valence-electron chi connectivity index (χ1n) is 41.0. The molecule has 0 aliphatic heterocycles. The first kappa shape index (κ1) is 92.0. The molecule has 3 saturated carbocycles. The molecule has 0 N–H and O–H groups in total. The van der Waals surface area contributed by atoms with Gasteiger partial charge in [0.05, 0.1) is 58.5 Å². The summed E-state index contributed by atoms with van der Waals surface area (Å²) in [4.78, 5) is 37.1. The third-order valence-electron chi connectivity index (χ3n) is 22.5. The highest BCUT2D eigenvalue weighted by Crippen LogP contribution is 2.43. The van der Waals surface area contributed by atoms with E-state index >= 15 is 0 Å². The number of anilines is 6. The van der Waals surface area contributed by atoms with Gasteiger partial charge in [0.1, 0.15) is 17.5 Å². The van der Waals surface area contributed by atoms with Crippen LogP contribution in [-0.2, 0) is 90.4 Å². The summed E-state index contributed by atoms with van der Waals surface area (Å²) < 4.78 is 245. The van der Waals surface area contributed by atoms with Gasteiger partial charge >= 0.3 is 37.1 Å². The van der Waals surface area contributed by atoms with E-state index in [0.29, 0.717) is 37.4 Å². The van der Waals surface area contributed by atoms with Crippen molar-refractivity contribution < 1.29 is 79.0 Å². The number of para-hydroxylation sites is 2. The standard InChI is InChI=1S/C31H31F6N5.C29H31F6N7.C27H33F6N7/c1-2-41(18-21-8-3-4-9-21)28-24(16-23-10-5-6-11-27(23)40-28)20-42(29-38-12-7-13-39-29)19-22-14-25(30(32,33)34)17-26(15-22)31(35,36)37;1-3-41(16-19-8-4-5-9-19)26-22(14-21-10-6-7-11-25(21)36-26)18-42(27-37-39-40(2)38-27)17-20-12-23(28(30,31)32)15-24(13-20)29(33,34)35;1-5-39(14-19-8-6-7-9-19)24-21(10-17(2)18(3)34-24)16-40(25-35-37-38(4)36-25)15-20-11-22(26(28,29)30)13-23(12-20)27(31,32)33/h5-7,10-17,21H,2-4,8-9,18-20H2,1H3;6-7,10-15,19H,3-5,8-9,16-18H2,1-2H3;10-13,19H,5-9,14-16H2,1-4H3. The van der Waals surface area contributed by atoms with E-state index in [9.17, 15) is 79.0 Å². The summed E-state index contributed by atoms with van der Waals surface area (Å²) in [5.74, 6) is 4.13. The number of rotatable bonds is 27. The summed E-state index contributed by atoms with van der Waals surface area (Å²) in [6.45, 7) is 13.9. The molecule has 0 atom stereocenters. The molecule has 3 fully saturated rings. The fraction of sp³-hybridized carbons (Fsp3) is 0.460. The van der Waals surface area contributed by atoms with Gasteiger partial charge in [0.15, 0.2) is 0 Å². The van der Waals surface area contributed by atoms with Gasteiger partial charge in [-0.15, -0.1) is 10.2 Å². The molecular weight excluding hydrogens is 1650 g/mol. The van der Waals surface area contributed by atoms with E-state index in [1.165, 1.54) is 84.4 Å². The lowest BCUT2D eigenvalue weighted by Crippen LogP contribution is -2.32. The maximum atomic E-state index is 13.6. The van der Waals surface area contributed by atoms with E-state index in [2.05, 4.69) is 62.4 Å². The molecule has 6 aromatic heterocycles. The Hall–Kier alpha value is -11.2. The van der Waals surface area contributed by atoms with Crippen molar-refractivity contribution in [3.8, 4) is 0 Å². The lowest BCUT2D eigenvalue weighted by atomic mass is 10.0. The number of aryl methyl sites for hydroxylation is 4. The number of hydrogen-bond acceptors (Lipinski definition) is 17. The van der Waals surface area contributed by atoms with Crippen LogP contribution >= 0.6 is 0 Å². The Morgan fingerprint density at radius 2 is 0.629 bits per heavy atom. The lowest BCUT2D eigenvalue weighted by Gasteiger charge is -2.30. The maximum absolute atomic E-state index is 13.6. The molecule has 0 unspecified atom stereocenters. The molecule has 0 amide bonds. The van der Waals surface area contributed by atoms with Crippen molar-refractivity contribution in [1.29, 1.82) is 0 Å². The minimum atomic E-state index is -4.96. The zero-order valence-electron chi connectivity index (χ0n) is 69.3. The van der Waals surface area contributed by atoms with Crippen molar-refractivity contribution >= 4 is 57.1 Å². The van der Waals surface area contributed by atoms with Crippen molar-refractivity contribution in [2.75, 3.05) is 68.7 Å². The molecule has 11 aromatic rings. The Kier molecular flexibility index (Phi) is 28.9. The van der Waals surface area contributed by atoms with Crippen LogP contribution < -0.4 is 29.4 Å². The monoisotopic (exact) mass is 1750 g/mol. The quantitative estimate of drug-likeness (QED) is 0.0445. The van der Waals surface area contributed by atoms with Gasteiger partial charge in [0.2, 0.25) is 5.95 Å². The maximum Gasteiger partial charge on any atom is 0.416 e. The van der Waals surface area contributed by atoms with Crippen LogP contribution in [0, 0.1) is 31.6 Å². The number of pyridine rings is 3. The summed E-state index contributed by atoms with van der Waals surface area (Å²) in [7, 11) is 3.06. The van der Waals surface area contributed by atoms with Gasteiger partial charge in [0, 0.05) is 124 Å². The van der Waals surface area contributed by atoms with Crippen LogP contribution in [0.2, 0.25) is 0 Å². The normalized spacial score (nSPS) is 14.6. The Balaban J connectivity index is 0.000000170. The number of nitrogens with zero attached hydrogens (tertiary/aromatic N) is 19. The van der Waals surface area contributed by atoms with E-state index in [-0.39, 0.29) is 92.0 Å². The summed E-state index contributed by atoms with van der Waals surface area (Å²) in [6, 6.07) is 27.6. The molecular formula is C87H95F18N19. The molecule has 0 spiro atoms. The highest BCUT2D eigenvalue weighted by molar-refractivity contribution is 5.83. The van der Waals surface area contributed by atoms with E-state index in [4.69, 9.17) is 15.0 Å². The summed E-state index contributed by atoms with van der Waals surface area (Å²) >= 11 is 0. The minimum Gasteiger partial charge on any atom is -0.356 e. The largest absolute Gasteiger partial charge is 0.416 e. The average molecular weight is 1750 g/mol. The minimum absolute atomic E-state index is 0.0708. The van der Waals surface area contributed by atoms with Crippen molar-refractivity contribution in [2.24, 2.45) is 31.8 Å². The van der Waals surface area contributed by atoms with Crippen molar-refractivity contribution in [3.05, 3.63) is 218 Å². The predicted molar refractivity (Wildman–Crippen MR) is 435 cm³/mol. The molecule has 664 valence electrons. The molecule has 14 rings (SSSR count). The van der Waals surface area contributed by atoms with Crippen LogP contribution in [0.25, 0.3) is 21.8 Å². The molecule has 124 heavy (non-hydrogen) atoms. The number of tetrazole rings is 2. The van der Waals surface area contributed by atoms with E-state index < -0.39 is 70.4 Å². The molecule has 0 saturated heterocycles. The van der Waals surface area contributed by atoms with Crippen LogP contribution in [0.3, 0.4) is 0 Å². The van der Waals surface area contributed by atoms with Gasteiger partial charge in [-0.3, -0.25) is 0 Å². The molecule has 3 aliphatic carbocycles. The molecule has 0 radical (unpaired) electrons. The third kappa shape index (κ3) is 24.0. The lowest BCUT2D eigenvalue weighted by molar-refractivity contribution is -0.144. The van der Waals surface area contributed by atoms with Gasteiger partial charge < -0.3 is 29.4 Å². The summed E-state index contributed by atoms with van der Waals surface area (Å²) in [6.07, 6.45) is -12.8. The zero-order chi connectivity index (χ0) is 89.2. The number of fused-ring (bicyclic) bond motifs is 2. The van der Waals surface area contributed by atoms with Gasteiger partial charge in [-0.2, -0.15) is 88.6 Å². The highest BCUT2D eigenvalue weighted by Gasteiger charge is 2.41. The van der Waals surface area contributed by atoms with Crippen LogP contribution in [0.5, 0.6) is 0 Å². The Bertz CT molecular complexity index is 5280. The number of benzene rings is 5. The second kappa shape index (κ2) is 38.9. The summed E-state index contributed by atoms with van der Waals surface area (Å²) in [5, 5.41) is 25.9. The fourth-order valence-corrected chi connectivity index (χ4v) is 16.3. The van der Waals surface area contributed by atoms with Gasteiger partial charge in [-0.1, -0.05) is 85.1 Å². The molecule has 19 nitrogen and oxygen atoms in total. The van der Waals surface area contributed by atoms with E-state index in [0.717, 1.165) is 162 Å². The zero-order valence-corrected chi connectivity index (χ0v) is 69.3. The second-order valence-corrected chi connectivity index (χ2v) is 31.8. The topological polar surface area (TPSA) is 171 Å². The van der Waals surface area contributed by atoms with E-state index in [1.807, 2.05) is 94.4 Å². The molecule has 3 aliphatic rings. The number of halogens is 18. The van der Waals surface area contributed by atoms with Crippen LogP contribution in [0.4, 0.5) is 114 Å². The molecule has 0 bridgehead atoms. The van der Waals surface area contributed by atoms with Gasteiger partial charge in [0.25, 0.3) is 11.9 Å². The van der Waals surface area contributed by atoms with Crippen LogP contribution in [0.15, 0.2) is 140 Å². The average Bonchev–Trinajstić information content (AvgIpc) is 1.02. The SMILES string of the molecule is CCN(CC1CCCC1)c1nc(C)c(C)cc1CN(Cc1cc(C(F)(F)F)cc(C(F)(F)F)c1)c1nnn(C)n1.CCN(CC1CCCC1)c1nc2ccccc2cc1CN(Cc1cc(C(F)(F)F)cc(C(F)(F)F)c1)c1ncccn1.CCN(CC1CCCC1)c1nc2ccccc2cc1CN(Cc1cc(C(F)(F)F)cc(C(F)(F)F)c1)c1nnn(C)n1. The number of aromatic nitrogens is 13. The smallest absolute Gasteiger partial charge is 0.356 e. The Labute approximate surface area is 704 Å². The van der Waals surface area contributed by atoms with E-state index in [1.54, 1.807) is 11.0 Å². The van der Waals surface area contributed by atoms with Crippen molar-refractivity contribution in [2.45, 2.75) is 188 Å². The van der Waals surface area contributed by atoms with Crippen molar-refractivity contribution in [3.63, 3.8) is 0 Å². The number of alkyl halides is 18. The Morgan fingerprint density at radius 3 is 0.919 bits per heavy atom. The molecule has 37 heteroatoms. The predicted octanol–water partition coefficient (Wildman–Crippen LogP) is 21.8.